The van der Waals surface area contributed by atoms with Gasteiger partial charge in [0, 0.05) is 23.1 Å². The minimum absolute atomic E-state index is 0.0966. The Bertz CT molecular complexity index is 457. The highest BCUT2D eigenvalue weighted by Crippen LogP contribution is 2.39. The van der Waals surface area contributed by atoms with Gasteiger partial charge in [0.15, 0.2) is 0 Å². The summed E-state index contributed by atoms with van der Waals surface area (Å²) in [6.45, 7) is 5.26. The van der Waals surface area contributed by atoms with Gasteiger partial charge in [0.05, 0.1) is 0 Å². The molecule has 1 aromatic rings. The lowest BCUT2D eigenvalue weighted by atomic mass is 9.78. The molecule has 0 radical (unpaired) electrons. The van der Waals surface area contributed by atoms with E-state index in [9.17, 15) is 4.39 Å². The Balaban J connectivity index is 1.65. The fourth-order valence-electron chi connectivity index (χ4n) is 3.42. The molecule has 2 nitrogen and oxygen atoms in total. The highest BCUT2D eigenvalue weighted by Gasteiger charge is 2.38. The second kappa shape index (κ2) is 5.51. The highest BCUT2D eigenvalue weighted by atomic mass is 79.9. The normalized spacial score (nSPS) is 23.1. The molecular formula is C15H20BrFN2. The number of nitrogens with one attached hydrogen (secondary N) is 1. The first-order valence-electron chi connectivity index (χ1n) is 7.04. The molecule has 4 heteroatoms. The van der Waals surface area contributed by atoms with E-state index in [4.69, 9.17) is 0 Å². The molecule has 104 valence electrons. The third kappa shape index (κ3) is 3.01. The molecule has 0 saturated carbocycles. The Morgan fingerprint density at radius 1 is 1.26 bits per heavy atom. The summed E-state index contributed by atoms with van der Waals surface area (Å²) in [4.78, 5) is 2.41. The lowest BCUT2D eigenvalue weighted by Gasteiger charge is -2.34. The summed E-state index contributed by atoms with van der Waals surface area (Å²) in [6.07, 6.45) is 3.81. The van der Waals surface area contributed by atoms with Crippen molar-refractivity contribution in [2.24, 2.45) is 5.41 Å². The van der Waals surface area contributed by atoms with Crippen LogP contribution in [0.1, 0.15) is 24.8 Å². The van der Waals surface area contributed by atoms with Gasteiger partial charge in [-0.25, -0.2) is 4.39 Å². The summed E-state index contributed by atoms with van der Waals surface area (Å²) < 4.78 is 14.7. The van der Waals surface area contributed by atoms with Gasteiger partial charge in [-0.2, -0.15) is 0 Å². The molecule has 1 aromatic carbocycles. The third-order valence-electron chi connectivity index (χ3n) is 4.59. The molecule has 0 amide bonds. The van der Waals surface area contributed by atoms with E-state index in [-0.39, 0.29) is 5.82 Å². The van der Waals surface area contributed by atoms with Crippen molar-refractivity contribution in [2.75, 3.05) is 26.2 Å². The van der Waals surface area contributed by atoms with Crippen LogP contribution in [0, 0.1) is 11.2 Å². The standard InChI is InChI=1S/C15H20BrFN2/c16-13-2-1-12(14(17)9-13)10-19-8-5-15(11-19)3-6-18-7-4-15/h1-2,9,18H,3-8,10-11H2. The van der Waals surface area contributed by atoms with Crippen molar-refractivity contribution >= 4 is 15.9 Å². The Labute approximate surface area is 122 Å². The van der Waals surface area contributed by atoms with Crippen molar-refractivity contribution in [3.05, 3.63) is 34.1 Å². The van der Waals surface area contributed by atoms with Crippen LogP contribution in [-0.2, 0) is 6.54 Å². The number of piperidine rings is 1. The van der Waals surface area contributed by atoms with E-state index in [0.717, 1.165) is 42.8 Å². The molecule has 0 aromatic heterocycles. The maximum Gasteiger partial charge on any atom is 0.128 e. The van der Waals surface area contributed by atoms with Crippen molar-refractivity contribution < 1.29 is 4.39 Å². The summed E-state index contributed by atoms with van der Waals surface area (Å²) in [5.74, 6) is -0.0966. The SMILES string of the molecule is Fc1cc(Br)ccc1CN1CCC2(CCNCC2)C1. The molecule has 0 atom stereocenters. The molecular weight excluding hydrogens is 307 g/mol. The van der Waals surface area contributed by atoms with Crippen molar-refractivity contribution in [3.8, 4) is 0 Å². The summed E-state index contributed by atoms with van der Waals surface area (Å²) >= 11 is 3.31. The number of hydrogen-bond donors (Lipinski definition) is 1. The van der Waals surface area contributed by atoms with E-state index in [1.54, 1.807) is 6.07 Å². The average Bonchev–Trinajstić information content (AvgIpc) is 2.77. The molecule has 19 heavy (non-hydrogen) atoms. The molecule has 2 aliphatic rings. The van der Waals surface area contributed by atoms with Gasteiger partial charge in [-0.3, -0.25) is 4.90 Å². The van der Waals surface area contributed by atoms with Gasteiger partial charge in [-0.1, -0.05) is 22.0 Å². The second-order valence-electron chi connectivity index (χ2n) is 5.95. The van der Waals surface area contributed by atoms with E-state index in [1.807, 2.05) is 12.1 Å². The molecule has 0 bridgehead atoms. The fraction of sp³-hybridized carbons (Fsp3) is 0.600. The molecule has 2 aliphatic heterocycles. The van der Waals surface area contributed by atoms with Crippen LogP contribution in [0.25, 0.3) is 0 Å². The van der Waals surface area contributed by atoms with Crippen LogP contribution < -0.4 is 5.32 Å². The van der Waals surface area contributed by atoms with Gasteiger partial charge in [0.25, 0.3) is 0 Å². The highest BCUT2D eigenvalue weighted by molar-refractivity contribution is 9.10. The molecule has 0 aliphatic carbocycles. The van der Waals surface area contributed by atoms with Crippen molar-refractivity contribution in [2.45, 2.75) is 25.8 Å². The molecule has 1 spiro atoms. The van der Waals surface area contributed by atoms with E-state index < -0.39 is 0 Å². The third-order valence-corrected chi connectivity index (χ3v) is 5.08. The number of nitrogens with zero attached hydrogens (tertiary/aromatic N) is 1. The first-order valence-corrected chi connectivity index (χ1v) is 7.83. The number of halogens is 2. The van der Waals surface area contributed by atoms with E-state index in [2.05, 4.69) is 26.1 Å². The van der Waals surface area contributed by atoms with Crippen LogP contribution in [0.3, 0.4) is 0 Å². The number of hydrogen-bond acceptors (Lipinski definition) is 2. The van der Waals surface area contributed by atoms with E-state index in [1.165, 1.54) is 19.3 Å². The molecule has 2 fully saturated rings. The first-order chi connectivity index (χ1) is 9.17. The zero-order valence-electron chi connectivity index (χ0n) is 11.1. The summed E-state index contributed by atoms with van der Waals surface area (Å²) in [5, 5.41) is 3.43. The largest absolute Gasteiger partial charge is 0.317 e. The second-order valence-corrected chi connectivity index (χ2v) is 6.86. The zero-order valence-corrected chi connectivity index (χ0v) is 12.7. The smallest absolute Gasteiger partial charge is 0.128 e. The Hall–Kier alpha value is -0.450. The summed E-state index contributed by atoms with van der Waals surface area (Å²) in [5.41, 5.74) is 1.31. The van der Waals surface area contributed by atoms with E-state index in [0.29, 0.717) is 5.41 Å². The van der Waals surface area contributed by atoms with Gasteiger partial charge in [-0.05, 0) is 56.4 Å². The van der Waals surface area contributed by atoms with Crippen LogP contribution >= 0.6 is 15.9 Å². The maximum absolute atomic E-state index is 13.9. The molecule has 0 unspecified atom stereocenters. The quantitative estimate of drug-likeness (QED) is 0.898. The zero-order chi connectivity index (χ0) is 13.3. The predicted octanol–water partition coefficient (Wildman–Crippen LogP) is 3.16. The van der Waals surface area contributed by atoms with Crippen molar-refractivity contribution in [1.82, 2.24) is 10.2 Å². The van der Waals surface area contributed by atoms with Gasteiger partial charge in [0.2, 0.25) is 0 Å². The minimum Gasteiger partial charge on any atom is -0.317 e. The Morgan fingerprint density at radius 2 is 2.05 bits per heavy atom. The van der Waals surface area contributed by atoms with Crippen LogP contribution in [-0.4, -0.2) is 31.1 Å². The maximum atomic E-state index is 13.9. The van der Waals surface area contributed by atoms with Crippen molar-refractivity contribution in [1.29, 1.82) is 0 Å². The fourth-order valence-corrected chi connectivity index (χ4v) is 3.75. The van der Waals surface area contributed by atoms with Gasteiger partial charge in [0.1, 0.15) is 5.82 Å². The lowest BCUT2D eigenvalue weighted by molar-refractivity contribution is 0.193. The number of rotatable bonds is 2. The van der Waals surface area contributed by atoms with E-state index >= 15 is 0 Å². The van der Waals surface area contributed by atoms with Crippen LogP contribution in [0.5, 0.6) is 0 Å². The monoisotopic (exact) mass is 326 g/mol. The van der Waals surface area contributed by atoms with Gasteiger partial charge in [-0.15, -0.1) is 0 Å². The minimum atomic E-state index is -0.0966. The lowest BCUT2D eigenvalue weighted by Crippen LogP contribution is -2.38. The summed E-state index contributed by atoms with van der Waals surface area (Å²) in [6, 6.07) is 5.38. The molecule has 3 rings (SSSR count). The first kappa shape index (κ1) is 13.5. The van der Waals surface area contributed by atoms with Crippen LogP contribution in [0.2, 0.25) is 0 Å². The average molecular weight is 327 g/mol. The molecule has 2 heterocycles. The van der Waals surface area contributed by atoms with Gasteiger partial charge < -0.3 is 5.32 Å². The molecule has 2 saturated heterocycles. The van der Waals surface area contributed by atoms with Gasteiger partial charge >= 0.3 is 0 Å². The van der Waals surface area contributed by atoms with Crippen LogP contribution in [0.4, 0.5) is 4.39 Å². The Kier molecular flexibility index (Phi) is 3.92. The van der Waals surface area contributed by atoms with Crippen molar-refractivity contribution in [3.63, 3.8) is 0 Å². The predicted molar refractivity (Wildman–Crippen MR) is 78.5 cm³/mol. The number of benzene rings is 1. The summed E-state index contributed by atoms with van der Waals surface area (Å²) in [7, 11) is 0. The number of likely N-dealkylation sites (tertiary alicyclic amines) is 1. The van der Waals surface area contributed by atoms with Crippen LogP contribution in [0.15, 0.2) is 22.7 Å². The Morgan fingerprint density at radius 3 is 2.79 bits per heavy atom. The topological polar surface area (TPSA) is 15.3 Å². The molecule has 1 N–H and O–H groups in total.